The number of halogens is 1. The van der Waals surface area contributed by atoms with Crippen molar-refractivity contribution in [1.29, 1.82) is 0 Å². The number of amides is 2. The van der Waals surface area contributed by atoms with Crippen molar-refractivity contribution in [3.8, 4) is 11.5 Å². The Morgan fingerprint density at radius 1 is 1.22 bits per heavy atom. The topological polar surface area (TPSA) is 55.8 Å². The Balaban J connectivity index is 1.94. The molecule has 0 bridgehead atoms. The first-order valence-electron chi connectivity index (χ1n) is 10.3. The van der Waals surface area contributed by atoms with E-state index in [1.54, 1.807) is 25.3 Å². The Bertz CT molecular complexity index is 1070. The van der Waals surface area contributed by atoms with Gasteiger partial charge in [0.25, 0.3) is 11.1 Å². The van der Waals surface area contributed by atoms with Crippen molar-refractivity contribution in [3.05, 3.63) is 75.7 Å². The number of hydrogen-bond donors (Lipinski definition) is 0. The molecular formula is C25H26ClNO4S. The van der Waals surface area contributed by atoms with Gasteiger partial charge in [0.05, 0.1) is 12.0 Å². The average Bonchev–Trinajstić information content (AvgIpc) is 3.06. The molecule has 0 spiro atoms. The molecule has 3 rings (SSSR count). The predicted molar refractivity (Wildman–Crippen MR) is 130 cm³/mol. The van der Waals surface area contributed by atoms with Gasteiger partial charge in [0, 0.05) is 22.2 Å². The second kappa shape index (κ2) is 10.7. The van der Waals surface area contributed by atoms with Crippen LogP contribution in [0.25, 0.3) is 6.08 Å². The summed E-state index contributed by atoms with van der Waals surface area (Å²) < 4.78 is 11.7. The van der Waals surface area contributed by atoms with Crippen LogP contribution in [0.2, 0.25) is 5.02 Å². The van der Waals surface area contributed by atoms with Crippen molar-refractivity contribution in [2.75, 3.05) is 7.11 Å². The zero-order chi connectivity index (χ0) is 23.3. The van der Waals surface area contributed by atoms with Crippen LogP contribution in [0.1, 0.15) is 37.0 Å². The molecule has 0 aliphatic carbocycles. The molecule has 0 N–H and O–H groups in total. The summed E-state index contributed by atoms with van der Waals surface area (Å²) in [5, 5.41) is 0.388. The molecule has 0 aromatic heterocycles. The molecule has 2 aromatic rings. The number of thioether (sulfide) groups is 1. The number of carbonyl (C=O) groups excluding carboxylic acids is 2. The van der Waals surface area contributed by atoms with Crippen LogP contribution in [0.4, 0.5) is 4.79 Å². The van der Waals surface area contributed by atoms with E-state index in [1.165, 1.54) is 4.90 Å². The molecule has 7 heteroatoms. The van der Waals surface area contributed by atoms with Crippen LogP contribution in [0.15, 0.2) is 54.0 Å². The van der Waals surface area contributed by atoms with Gasteiger partial charge in [-0.25, -0.2) is 0 Å². The standard InChI is InChI=1S/C25H26ClNO4S/c1-5-9-18-12-17(14-22-24(28)27(16(3)6-2)25(29)32-22)13-21(30-4)23(18)31-15-19-10-7-8-11-20(19)26/h5,7-8,10-14,16H,1,6,9,15H2,2-4H3/b22-14+/t16-/m1/s1. The number of imide groups is 1. The fourth-order valence-electron chi connectivity index (χ4n) is 3.35. The predicted octanol–water partition coefficient (Wildman–Crippen LogP) is 6.49. The minimum Gasteiger partial charge on any atom is -0.493 e. The van der Waals surface area contributed by atoms with Gasteiger partial charge in [-0.1, -0.05) is 42.8 Å². The Labute approximate surface area is 198 Å². The van der Waals surface area contributed by atoms with Crippen molar-refractivity contribution in [1.82, 2.24) is 4.90 Å². The van der Waals surface area contributed by atoms with E-state index >= 15 is 0 Å². The number of rotatable bonds is 9. The molecule has 1 atom stereocenters. The Hall–Kier alpha value is -2.70. The third-order valence-electron chi connectivity index (χ3n) is 5.22. The van der Waals surface area contributed by atoms with Gasteiger partial charge in [0.1, 0.15) is 6.61 Å². The number of nitrogens with zero attached hydrogens (tertiary/aromatic N) is 1. The number of hydrogen-bond acceptors (Lipinski definition) is 5. The first-order chi connectivity index (χ1) is 15.4. The molecule has 32 heavy (non-hydrogen) atoms. The SMILES string of the molecule is C=CCc1cc(/C=C2/SC(=O)N([C@H](C)CC)C2=O)cc(OC)c1OCc1ccccc1Cl. The number of methoxy groups -OCH3 is 1. The summed E-state index contributed by atoms with van der Waals surface area (Å²) in [6, 6.07) is 11.1. The molecule has 1 aliphatic rings. The maximum absolute atomic E-state index is 12.8. The minimum absolute atomic E-state index is 0.139. The van der Waals surface area contributed by atoms with Crippen LogP contribution in [0, 0.1) is 0 Å². The fraction of sp³-hybridized carbons (Fsp3) is 0.280. The van der Waals surface area contributed by atoms with Gasteiger partial charge in [0.2, 0.25) is 0 Å². The normalized spacial score (nSPS) is 15.9. The van der Waals surface area contributed by atoms with Gasteiger partial charge in [-0.2, -0.15) is 0 Å². The van der Waals surface area contributed by atoms with E-state index < -0.39 is 0 Å². The number of carbonyl (C=O) groups is 2. The molecule has 0 saturated carbocycles. The maximum Gasteiger partial charge on any atom is 0.293 e. The van der Waals surface area contributed by atoms with Gasteiger partial charge in [0.15, 0.2) is 11.5 Å². The summed E-state index contributed by atoms with van der Waals surface area (Å²) in [5.41, 5.74) is 2.47. The molecular weight excluding hydrogens is 446 g/mol. The highest BCUT2D eigenvalue weighted by Gasteiger charge is 2.37. The molecule has 1 saturated heterocycles. The van der Waals surface area contributed by atoms with Gasteiger partial charge < -0.3 is 9.47 Å². The zero-order valence-corrected chi connectivity index (χ0v) is 20.0. The molecule has 2 aromatic carbocycles. The lowest BCUT2D eigenvalue weighted by Gasteiger charge is -2.19. The van der Waals surface area contributed by atoms with E-state index in [-0.39, 0.29) is 23.8 Å². The summed E-state index contributed by atoms with van der Waals surface area (Å²) >= 11 is 7.21. The van der Waals surface area contributed by atoms with Crippen molar-refractivity contribution < 1.29 is 19.1 Å². The second-order valence-electron chi connectivity index (χ2n) is 7.39. The Morgan fingerprint density at radius 3 is 2.62 bits per heavy atom. The van der Waals surface area contributed by atoms with Crippen LogP contribution < -0.4 is 9.47 Å². The highest BCUT2D eigenvalue weighted by atomic mass is 35.5. The molecule has 1 heterocycles. The molecule has 1 fully saturated rings. The maximum atomic E-state index is 12.8. The fourth-order valence-corrected chi connectivity index (χ4v) is 4.47. The molecule has 2 amide bonds. The van der Waals surface area contributed by atoms with Gasteiger partial charge in [-0.3, -0.25) is 14.5 Å². The highest BCUT2D eigenvalue weighted by Crippen LogP contribution is 2.38. The second-order valence-corrected chi connectivity index (χ2v) is 8.79. The van der Waals surface area contributed by atoms with Gasteiger partial charge in [-0.15, -0.1) is 6.58 Å². The molecule has 0 radical (unpaired) electrons. The van der Waals surface area contributed by atoms with E-state index in [2.05, 4.69) is 6.58 Å². The smallest absolute Gasteiger partial charge is 0.293 e. The summed E-state index contributed by atoms with van der Waals surface area (Å²) in [6.45, 7) is 7.94. The Morgan fingerprint density at radius 2 is 1.97 bits per heavy atom. The third-order valence-corrected chi connectivity index (χ3v) is 6.47. The largest absolute Gasteiger partial charge is 0.493 e. The highest BCUT2D eigenvalue weighted by molar-refractivity contribution is 8.18. The average molecular weight is 472 g/mol. The quantitative estimate of drug-likeness (QED) is 0.309. The lowest BCUT2D eigenvalue weighted by atomic mass is 10.0. The third kappa shape index (κ3) is 5.19. The number of ether oxygens (including phenoxy) is 2. The lowest BCUT2D eigenvalue weighted by Crippen LogP contribution is -2.36. The number of benzene rings is 2. The van der Waals surface area contributed by atoms with E-state index in [9.17, 15) is 9.59 Å². The first kappa shape index (κ1) is 24.0. The van der Waals surface area contributed by atoms with Crippen LogP contribution in [0.5, 0.6) is 11.5 Å². The van der Waals surface area contributed by atoms with Gasteiger partial charge in [-0.05, 0) is 61.4 Å². The molecule has 168 valence electrons. The number of allylic oxidation sites excluding steroid dienone is 1. The van der Waals surface area contributed by atoms with Crippen LogP contribution in [-0.2, 0) is 17.8 Å². The van der Waals surface area contributed by atoms with E-state index in [4.69, 9.17) is 21.1 Å². The summed E-state index contributed by atoms with van der Waals surface area (Å²) in [6.07, 6.45) is 4.75. The van der Waals surface area contributed by atoms with Crippen LogP contribution in [-0.4, -0.2) is 29.2 Å². The first-order valence-corrected chi connectivity index (χ1v) is 11.5. The van der Waals surface area contributed by atoms with Crippen molar-refractivity contribution in [2.24, 2.45) is 0 Å². The summed E-state index contributed by atoms with van der Waals surface area (Å²) in [4.78, 5) is 26.8. The Kier molecular flexibility index (Phi) is 8.04. The summed E-state index contributed by atoms with van der Waals surface area (Å²) in [7, 11) is 1.57. The molecule has 1 aliphatic heterocycles. The minimum atomic E-state index is -0.266. The monoisotopic (exact) mass is 471 g/mol. The van der Waals surface area contributed by atoms with E-state index in [1.807, 2.05) is 44.2 Å². The van der Waals surface area contributed by atoms with Crippen molar-refractivity contribution >= 4 is 40.6 Å². The molecule has 5 nitrogen and oxygen atoms in total. The lowest BCUT2D eigenvalue weighted by molar-refractivity contribution is -0.124. The zero-order valence-electron chi connectivity index (χ0n) is 18.4. The molecule has 0 unspecified atom stereocenters. The van der Waals surface area contributed by atoms with E-state index in [0.717, 1.165) is 28.5 Å². The van der Waals surface area contributed by atoms with Crippen LogP contribution in [0.3, 0.4) is 0 Å². The van der Waals surface area contributed by atoms with Crippen molar-refractivity contribution in [2.45, 2.75) is 39.3 Å². The van der Waals surface area contributed by atoms with Crippen molar-refractivity contribution in [3.63, 3.8) is 0 Å². The van der Waals surface area contributed by atoms with Gasteiger partial charge >= 0.3 is 0 Å². The van der Waals surface area contributed by atoms with Crippen LogP contribution >= 0.6 is 23.4 Å². The van der Waals surface area contributed by atoms with E-state index in [0.29, 0.717) is 34.3 Å². The summed E-state index contributed by atoms with van der Waals surface area (Å²) in [5.74, 6) is 0.860.